The fourth-order valence-electron chi connectivity index (χ4n) is 2.13. The van der Waals surface area contributed by atoms with Crippen LogP contribution in [-0.2, 0) is 19.1 Å². The van der Waals surface area contributed by atoms with Crippen molar-refractivity contribution in [3.63, 3.8) is 0 Å². The van der Waals surface area contributed by atoms with E-state index in [0.29, 0.717) is 24.3 Å². The number of Topliss-reactive ketones (excluding diaryl/α,β-unsaturated/α-hetero) is 1. The number of nitrogens with zero attached hydrogens (tertiary/aromatic N) is 1. The normalized spacial score (nSPS) is 14.2. The highest BCUT2D eigenvalue weighted by molar-refractivity contribution is 7.14. The minimum absolute atomic E-state index is 0.0512. The molecule has 1 aromatic rings. The summed E-state index contributed by atoms with van der Waals surface area (Å²) in [6.45, 7) is 1.84. The van der Waals surface area contributed by atoms with Crippen molar-refractivity contribution in [3.05, 3.63) is 21.9 Å². The van der Waals surface area contributed by atoms with Gasteiger partial charge < -0.3 is 4.74 Å². The Balaban J connectivity index is 1.70. The van der Waals surface area contributed by atoms with Gasteiger partial charge >= 0.3 is 5.97 Å². The number of hydrogen-bond acceptors (Lipinski definition) is 6. The first-order chi connectivity index (χ1) is 10.5. The average Bonchev–Trinajstić information content (AvgIpc) is 3.10. The predicted octanol–water partition coefficient (Wildman–Crippen LogP) is 1.71. The zero-order valence-electron chi connectivity index (χ0n) is 12.3. The van der Waals surface area contributed by atoms with E-state index in [2.05, 4.69) is 0 Å². The maximum Gasteiger partial charge on any atom is 0.306 e. The summed E-state index contributed by atoms with van der Waals surface area (Å²) in [6, 6.07) is 3.58. The molecule has 0 bridgehead atoms. The number of aryl methyl sites for hydroxylation is 1. The van der Waals surface area contributed by atoms with Gasteiger partial charge in [-0.15, -0.1) is 11.3 Å². The highest BCUT2D eigenvalue weighted by Crippen LogP contribution is 2.17. The minimum atomic E-state index is -0.610. The summed E-state index contributed by atoms with van der Waals surface area (Å²) < 4.78 is 4.82. The van der Waals surface area contributed by atoms with Crippen molar-refractivity contribution in [3.8, 4) is 0 Å². The second-order valence-corrected chi connectivity index (χ2v) is 6.32. The van der Waals surface area contributed by atoms with Crippen molar-refractivity contribution in [2.24, 2.45) is 0 Å². The SMILES string of the molecule is Cc1ccc(C(=O)CCC(=O)OCC(=O)N2CCCC2=O)s1. The summed E-state index contributed by atoms with van der Waals surface area (Å²) in [4.78, 5) is 49.2. The molecular formula is C15H17NO5S. The van der Waals surface area contributed by atoms with Crippen LogP contribution in [-0.4, -0.2) is 41.6 Å². The summed E-state index contributed by atoms with van der Waals surface area (Å²) in [7, 11) is 0. The molecule has 7 heteroatoms. The molecule has 1 fully saturated rings. The van der Waals surface area contributed by atoms with Gasteiger partial charge in [-0.1, -0.05) is 0 Å². The molecule has 1 aliphatic rings. The van der Waals surface area contributed by atoms with Crippen LogP contribution < -0.4 is 0 Å². The van der Waals surface area contributed by atoms with Crippen molar-refractivity contribution >= 4 is 34.9 Å². The highest BCUT2D eigenvalue weighted by atomic mass is 32.1. The molecule has 0 atom stereocenters. The summed E-state index contributed by atoms with van der Waals surface area (Å²) in [5, 5.41) is 0. The molecule has 2 heterocycles. The lowest BCUT2D eigenvalue weighted by molar-refractivity contribution is -0.154. The largest absolute Gasteiger partial charge is 0.456 e. The van der Waals surface area contributed by atoms with Crippen LogP contribution in [0.25, 0.3) is 0 Å². The Bertz CT molecular complexity index is 607. The van der Waals surface area contributed by atoms with Crippen molar-refractivity contribution in [2.45, 2.75) is 32.6 Å². The second kappa shape index (κ2) is 7.31. The quantitative estimate of drug-likeness (QED) is 0.588. The summed E-state index contributed by atoms with van der Waals surface area (Å²) >= 11 is 1.38. The molecule has 0 saturated carbocycles. The smallest absolute Gasteiger partial charge is 0.306 e. The molecule has 0 unspecified atom stereocenters. The van der Waals surface area contributed by atoms with E-state index in [1.54, 1.807) is 6.07 Å². The van der Waals surface area contributed by atoms with Crippen LogP contribution in [0.3, 0.4) is 0 Å². The fraction of sp³-hybridized carbons (Fsp3) is 0.467. The van der Waals surface area contributed by atoms with Crippen LogP contribution in [0.4, 0.5) is 0 Å². The lowest BCUT2D eigenvalue weighted by Gasteiger charge is -2.13. The van der Waals surface area contributed by atoms with Crippen molar-refractivity contribution in [1.82, 2.24) is 4.90 Å². The third-order valence-corrected chi connectivity index (χ3v) is 4.34. The Morgan fingerprint density at radius 2 is 2.05 bits per heavy atom. The topological polar surface area (TPSA) is 80.8 Å². The summed E-state index contributed by atoms with van der Waals surface area (Å²) in [5.74, 6) is -1.46. The lowest BCUT2D eigenvalue weighted by atomic mass is 10.2. The van der Waals surface area contributed by atoms with Gasteiger partial charge in [0, 0.05) is 24.3 Å². The molecule has 0 N–H and O–H groups in total. The molecule has 1 saturated heterocycles. The van der Waals surface area contributed by atoms with E-state index in [4.69, 9.17) is 4.74 Å². The fourth-order valence-corrected chi connectivity index (χ4v) is 2.96. The number of rotatable bonds is 6. The number of ketones is 1. The van der Waals surface area contributed by atoms with E-state index in [-0.39, 0.29) is 24.5 Å². The number of likely N-dealkylation sites (tertiary alicyclic amines) is 1. The highest BCUT2D eigenvalue weighted by Gasteiger charge is 2.27. The maximum atomic E-state index is 11.8. The molecule has 2 rings (SSSR count). The van der Waals surface area contributed by atoms with Crippen LogP contribution in [0, 0.1) is 6.92 Å². The van der Waals surface area contributed by atoms with Gasteiger partial charge in [-0.2, -0.15) is 0 Å². The van der Waals surface area contributed by atoms with E-state index in [1.165, 1.54) is 11.3 Å². The lowest BCUT2D eigenvalue weighted by Crippen LogP contribution is -2.35. The molecular weight excluding hydrogens is 306 g/mol. The number of imide groups is 1. The number of hydrogen-bond donors (Lipinski definition) is 0. The molecule has 2 amide bonds. The number of esters is 1. The number of ether oxygens (including phenoxy) is 1. The van der Waals surface area contributed by atoms with Gasteiger partial charge in [-0.05, 0) is 25.5 Å². The number of carbonyl (C=O) groups is 4. The predicted molar refractivity (Wildman–Crippen MR) is 79.5 cm³/mol. The van der Waals surface area contributed by atoms with E-state index in [0.717, 1.165) is 9.78 Å². The van der Waals surface area contributed by atoms with E-state index < -0.39 is 18.5 Å². The van der Waals surface area contributed by atoms with Gasteiger partial charge in [-0.25, -0.2) is 0 Å². The van der Waals surface area contributed by atoms with E-state index in [1.807, 2.05) is 13.0 Å². The second-order valence-electron chi connectivity index (χ2n) is 5.04. The van der Waals surface area contributed by atoms with Crippen LogP contribution in [0.15, 0.2) is 12.1 Å². The Labute approximate surface area is 132 Å². The number of carbonyl (C=O) groups excluding carboxylic acids is 4. The Morgan fingerprint density at radius 3 is 2.64 bits per heavy atom. The molecule has 6 nitrogen and oxygen atoms in total. The molecule has 1 aliphatic heterocycles. The van der Waals surface area contributed by atoms with Crippen LogP contribution >= 0.6 is 11.3 Å². The third kappa shape index (κ3) is 4.24. The Hall–Kier alpha value is -2.02. The van der Waals surface area contributed by atoms with E-state index >= 15 is 0 Å². The monoisotopic (exact) mass is 323 g/mol. The first-order valence-electron chi connectivity index (χ1n) is 7.06. The van der Waals surface area contributed by atoms with Gasteiger partial charge in [0.2, 0.25) is 5.91 Å². The van der Waals surface area contributed by atoms with Crippen LogP contribution in [0.1, 0.15) is 40.2 Å². The van der Waals surface area contributed by atoms with Crippen molar-refractivity contribution in [2.75, 3.05) is 13.2 Å². The summed E-state index contributed by atoms with van der Waals surface area (Å²) in [5.41, 5.74) is 0. The molecule has 1 aromatic heterocycles. The zero-order valence-corrected chi connectivity index (χ0v) is 13.1. The zero-order chi connectivity index (χ0) is 16.1. The molecule has 0 aliphatic carbocycles. The third-order valence-electron chi connectivity index (χ3n) is 3.30. The van der Waals surface area contributed by atoms with Gasteiger partial charge in [0.05, 0.1) is 11.3 Å². The Morgan fingerprint density at radius 1 is 1.27 bits per heavy atom. The van der Waals surface area contributed by atoms with Crippen LogP contribution in [0.5, 0.6) is 0 Å². The minimum Gasteiger partial charge on any atom is -0.456 e. The number of thiophene rings is 1. The first-order valence-corrected chi connectivity index (χ1v) is 7.87. The number of amides is 2. The van der Waals surface area contributed by atoms with Gasteiger partial charge in [0.25, 0.3) is 5.91 Å². The van der Waals surface area contributed by atoms with Gasteiger partial charge in [-0.3, -0.25) is 24.1 Å². The Kier molecular flexibility index (Phi) is 5.43. The molecule has 22 heavy (non-hydrogen) atoms. The first kappa shape index (κ1) is 16.4. The maximum absolute atomic E-state index is 11.8. The molecule has 118 valence electrons. The average molecular weight is 323 g/mol. The standard InChI is InChI=1S/C15H17NO5S/c1-10-4-6-12(22-10)11(17)5-7-15(20)21-9-14(19)16-8-2-3-13(16)18/h4,6H,2-3,5,7-9H2,1H3. The molecule has 0 radical (unpaired) electrons. The van der Waals surface area contributed by atoms with Gasteiger partial charge in [0.1, 0.15) is 0 Å². The molecule has 0 aromatic carbocycles. The molecule has 0 spiro atoms. The van der Waals surface area contributed by atoms with Gasteiger partial charge in [0.15, 0.2) is 12.4 Å². The summed E-state index contributed by atoms with van der Waals surface area (Å²) in [6.07, 6.45) is 0.980. The van der Waals surface area contributed by atoms with Crippen molar-refractivity contribution < 1.29 is 23.9 Å². The van der Waals surface area contributed by atoms with Crippen molar-refractivity contribution in [1.29, 1.82) is 0 Å². The van der Waals surface area contributed by atoms with E-state index in [9.17, 15) is 19.2 Å². The van der Waals surface area contributed by atoms with Crippen LogP contribution in [0.2, 0.25) is 0 Å².